The number of hydrogen-bond donors (Lipinski definition) is 1. The maximum atomic E-state index is 6.02. The molecule has 0 saturated heterocycles. The maximum absolute atomic E-state index is 6.02. The predicted molar refractivity (Wildman–Crippen MR) is 80.3 cm³/mol. The minimum atomic E-state index is -0.309. The molecule has 100 valence electrons. The van der Waals surface area contributed by atoms with Crippen LogP contribution in [-0.4, -0.2) is 16.6 Å². The molecule has 18 heavy (non-hydrogen) atoms. The van der Waals surface area contributed by atoms with E-state index in [0.29, 0.717) is 12.4 Å². The molecule has 1 aromatic rings. The van der Waals surface area contributed by atoms with E-state index < -0.39 is 0 Å². The molecule has 1 saturated carbocycles. The molecule has 4 nitrogen and oxygen atoms in total. The van der Waals surface area contributed by atoms with Gasteiger partial charge in [0.15, 0.2) is 5.82 Å². The number of rotatable bonds is 3. The summed E-state index contributed by atoms with van der Waals surface area (Å²) in [5, 5.41) is 0. The molecule has 5 heteroatoms. The molecule has 2 N–H and O–H groups in total. The largest absolute Gasteiger partial charge is 0.383 e. The number of hydrogen-bond acceptors (Lipinski definition) is 4. The Labute approximate surface area is 122 Å². The van der Waals surface area contributed by atoms with Crippen molar-refractivity contribution in [3.63, 3.8) is 0 Å². The molecule has 1 heterocycles. The van der Waals surface area contributed by atoms with Crippen molar-refractivity contribution in [3.8, 4) is 0 Å². The van der Waals surface area contributed by atoms with E-state index in [9.17, 15) is 0 Å². The average molecular weight is 361 g/mol. The van der Waals surface area contributed by atoms with Crippen LogP contribution in [0.15, 0.2) is 0 Å². The van der Waals surface area contributed by atoms with Gasteiger partial charge in [-0.3, -0.25) is 0 Å². The Morgan fingerprint density at radius 3 is 2.50 bits per heavy atom. The van der Waals surface area contributed by atoms with Crippen molar-refractivity contribution in [2.24, 2.45) is 0 Å². The zero-order chi connectivity index (χ0) is 13.2. The number of nitrogen functional groups attached to an aromatic ring is 1. The lowest BCUT2D eigenvalue weighted by atomic mass is 9.83. The molecule has 0 spiro atoms. The first-order chi connectivity index (χ1) is 8.59. The van der Waals surface area contributed by atoms with E-state index in [0.717, 1.165) is 27.9 Å². The van der Waals surface area contributed by atoms with Crippen LogP contribution in [0.2, 0.25) is 0 Å². The molecule has 0 atom stereocenters. The third-order valence-corrected chi connectivity index (χ3v) is 4.87. The Kier molecular flexibility index (Phi) is 4.42. The quantitative estimate of drug-likeness (QED) is 0.841. The number of aromatic nitrogens is 2. The first-order valence-electron chi connectivity index (χ1n) is 6.53. The number of aryl methyl sites for hydroxylation is 1. The highest BCUT2D eigenvalue weighted by Crippen LogP contribution is 2.39. The van der Waals surface area contributed by atoms with Crippen LogP contribution in [0, 0.1) is 10.5 Å². The molecule has 0 radical (unpaired) electrons. The maximum Gasteiger partial charge on any atom is 0.162 e. The van der Waals surface area contributed by atoms with Crippen molar-refractivity contribution >= 4 is 28.4 Å². The lowest BCUT2D eigenvalue weighted by molar-refractivity contribution is -0.0767. The van der Waals surface area contributed by atoms with Crippen molar-refractivity contribution in [2.75, 3.05) is 12.3 Å². The van der Waals surface area contributed by atoms with Crippen molar-refractivity contribution < 1.29 is 4.74 Å². The summed E-state index contributed by atoms with van der Waals surface area (Å²) in [5.74, 6) is 1.35. The summed E-state index contributed by atoms with van der Waals surface area (Å²) in [6.45, 7) is 4.69. The normalized spacial score (nSPS) is 18.8. The molecule has 0 bridgehead atoms. The summed E-state index contributed by atoms with van der Waals surface area (Å²) in [6.07, 6.45) is 5.62. The van der Waals surface area contributed by atoms with E-state index in [1.54, 1.807) is 0 Å². The molecule has 2 rings (SSSR count). The zero-order valence-corrected chi connectivity index (χ0v) is 13.2. The van der Waals surface area contributed by atoms with E-state index in [2.05, 4.69) is 32.6 Å². The lowest BCUT2D eigenvalue weighted by Gasteiger charge is -2.35. The second-order valence-corrected chi connectivity index (χ2v) is 5.90. The topological polar surface area (TPSA) is 61.0 Å². The van der Waals surface area contributed by atoms with Crippen LogP contribution in [0.1, 0.15) is 50.5 Å². The Bertz CT molecular complexity index is 402. The highest BCUT2D eigenvalue weighted by atomic mass is 127. The van der Waals surface area contributed by atoms with E-state index >= 15 is 0 Å². The van der Waals surface area contributed by atoms with Crippen LogP contribution in [0.5, 0.6) is 0 Å². The molecule has 0 amide bonds. The molecule has 1 fully saturated rings. The number of nitrogens with two attached hydrogens (primary N) is 1. The van der Waals surface area contributed by atoms with Gasteiger partial charge in [0.2, 0.25) is 0 Å². The first kappa shape index (κ1) is 14.0. The highest BCUT2D eigenvalue weighted by molar-refractivity contribution is 14.1. The number of nitrogens with zero attached hydrogens (tertiary/aromatic N) is 2. The second kappa shape index (κ2) is 5.69. The highest BCUT2D eigenvalue weighted by Gasteiger charge is 2.38. The zero-order valence-electron chi connectivity index (χ0n) is 11.0. The van der Waals surface area contributed by atoms with Crippen LogP contribution in [0.25, 0.3) is 0 Å². The van der Waals surface area contributed by atoms with Gasteiger partial charge in [0.05, 0.1) is 9.26 Å². The fourth-order valence-electron chi connectivity index (χ4n) is 2.62. The molecule has 1 aliphatic carbocycles. The van der Waals surface area contributed by atoms with Gasteiger partial charge in [0.25, 0.3) is 0 Å². The molecular weight excluding hydrogens is 341 g/mol. The second-order valence-electron chi connectivity index (χ2n) is 4.82. The standard InChI is InChI=1S/C13H20IN3O/c1-3-18-13(7-5-4-6-8-13)12-16-9(2)10(14)11(15)17-12/h3-8H2,1-2H3,(H2,15,16,17). The van der Waals surface area contributed by atoms with Crippen LogP contribution in [0.4, 0.5) is 5.82 Å². The monoisotopic (exact) mass is 361 g/mol. The Balaban J connectivity index is 2.42. The van der Waals surface area contributed by atoms with Gasteiger partial charge < -0.3 is 10.5 Å². The van der Waals surface area contributed by atoms with Gasteiger partial charge in [0, 0.05) is 6.61 Å². The average Bonchev–Trinajstić information content (AvgIpc) is 2.37. The van der Waals surface area contributed by atoms with Crippen molar-refractivity contribution in [1.82, 2.24) is 9.97 Å². The fraction of sp³-hybridized carbons (Fsp3) is 0.692. The van der Waals surface area contributed by atoms with Gasteiger partial charge in [-0.1, -0.05) is 19.3 Å². The molecule has 0 unspecified atom stereocenters. The van der Waals surface area contributed by atoms with E-state index in [4.69, 9.17) is 10.5 Å². The number of halogens is 1. The minimum Gasteiger partial charge on any atom is -0.383 e. The Morgan fingerprint density at radius 1 is 1.28 bits per heavy atom. The van der Waals surface area contributed by atoms with Gasteiger partial charge in [-0.15, -0.1) is 0 Å². The molecular formula is C13H20IN3O. The SMILES string of the molecule is CCOC1(c2nc(C)c(I)c(N)n2)CCCCC1. The molecule has 0 aromatic carbocycles. The summed E-state index contributed by atoms with van der Waals surface area (Å²) < 4.78 is 6.97. The smallest absolute Gasteiger partial charge is 0.162 e. The van der Waals surface area contributed by atoms with Gasteiger partial charge in [-0.2, -0.15) is 0 Å². The van der Waals surface area contributed by atoms with Crippen LogP contribution < -0.4 is 5.73 Å². The van der Waals surface area contributed by atoms with Crippen LogP contribution in [-0.2, 0) is 10.3 Å². The van der Waals surface area contributed by atoms with E-state index in [-0.39, 0.29) is 5.60 Å². The third kappa shape index (κ3) is 2.61. The van der Waals surface area contributed by atoms with Crippen LogP contribution in [0.3, 0.4) is 0 Å². The van der Waals surface area contributed by atoms with Gasteiger partial charge in [-0.05, 0) is 49.3 Å². The van der Waals surface area contributed by atoms with E-state index in [1.807, 2.05) is 13.8 Å². The van der Waals surface area contributed by atoms with Crippen molar-refractivity contribution in [1.29, 1.82) is 0 Å². The summed E-state index contributed by atoms with van der Waals surface area (Å²) in [4.78, 5) is 9.11. The minimum absolute atomic E-state index is 0.309. The number of ether oxygens (including phenoxy) is 1. The van der Waals surface area contributed by atoms with Gasteiger partial charge in [0.1, 0.15) is 11.4 Å². The van der Waals surface area contributed by atoms with Gasteiger partial charge in [-0.25, -0.2) is 9.97 Å². The first-order valence-corrected chi connectivity index (χ1v) is 7.61. The molecule has 1 aromatic heterocycles. The summed E-state index contributed by atoms with van der Waals surface area (Å²) in [7, 11) is 0. The molecule has 0 aliphatic heterocycles. The van der Waals surface area contributed by atoms with Gasteiger partial charge >= 0.3 is 0 Å². The predicted octanol–water partition coefficient (Wildman–Crippen LogP) is 3.17. The van der Waals surface area contributed by atoms with E-state index in [1.165, 1.54) is 19.3 Å². The Morgan fingerprint density at radius 2 is 1.94 bits per heavy atom. The summed E-state index contributed by atoms with van der Waals surface area (Å²) >= 11 is 2.19. The summed E-state index contributed by atoms with van der Waals surface area (Å²) in [5.41, 5.74) is 6.61. The fourth-order valence-corrected chi connectivity index (χ4v) is 2.86. The molecule has 1 aliphatic rings. The van der Waals surface area contributed by atoms with Crippen LogP contribution >= 0.6 is 22.6 Å². The summed E-state index contributed by atoms with van der Waals surface area (Å²) in [6, 6.07) is 0. The lowest BCUT2D eigenvalue weighted by Crippen LogP contribution is -2.35. The van der Waals surface area contributed by atoms with Crippen molar-refractivity contribution in [2.45, 2.75) is 51.6 Å². The number of anilines is 1. The van der Waals surface area contributed by atoms with Crippen molar-refractivity contribution in [3.05, 3.63) is 15.1 Å². The third-order valence-electron chi connectivity index (χ3n) is 3.53. The Hall–Kier alpha value is -0.430.